The highest BCUT2D eigenvalue weighted by molar-refractivity contribution is 6.10. The third-order valence-corrected chi connectivity index (χ3v) is 3.66. The van der Waals surface area contributed by atoms with E-state index in [1.165, 1.54) is 38.5 Å². The van der Waals surface area contributed by atoms with E-state index in [4.69, 9.17) is 9.47 Å². The number of nitriles is 1. The highest BCUT2D eigenvalue weighted by Gasteiger charge is 2.33. The van der Waals surface area contributed by atoms with Crippen LogP contribution in [0.2, 0.25) is 0 Å². The number of carbonyl (C=O) groups excluding carboxylic acids is 1. The molecule has 2 rings (SSSR count). The summed E-state index contributed by atoms with van der Waals surface area (Å²) in [4.78, 5) is 12.3. The molecule has 6 nitrogen and oxygen atoms in total. The van der Waals surface area contributed by atoms with Gasteiger partial charge in [0.15, 0.2) is 11.5 Å². The predicted molar refractivity (Wildman–Crippen MR) is 94.9 cm³/mol. The lowest BCUT2D eigenvalue weighted by Gasteiger charge is -2.13. The third-order valence-electron chi connectivity index (χ3n) is 3.66. The summed E-state index contributed by atoms with van der Waals surface area (Å²) in [5.41, 5.74) is -1.69. The summed E-state index contributed by atoms with van der Waals surface area (Å²) in [6.45, 7) is 0. The first-order chi connectivity index (χ1) is 13.2. The van der Waals surface area contributed by atoms with Gasteiger partial charge in [-0.05, 0) is 35.9 Å². The number of aromatic hydroxyl groups is 1. The van der Waals surface area contributed by atoms with Gasteiger partial charge in [-0.3, -0.25) is 4.79 Å². The number of anilines is 1. The summed E-state index contributed by atoms with van der Waals surface area (Å²) in [6.07, 6.45) is -3.53. The molecule has 0 radical (unpaired) electrons. The van der Waals surface area contributed by atoms with Crippen molar-refractivity contribution in [3.8, 4) is 23.3 Å². The van der Waals surface area contributed by atoms with E-state index < -0.39 is 28.9 Å². The summed E-state index contributed by atoms with van der Waals surface area (Å²) < 4.78 is 49.1. The molecule has 0 spiro atoms. The minimum atomic E-state index is -4.67. The molecular weight excluding hydrogens is 377 g/mol. The van der Waals surface area contributed by atoms with Crippen LogP contribution in [-0.4, -0.2) is 25.2 Å². The maximum Gasteiger partial charge on any atom is 0.418 e. The lowest BCUT2D eigenvalue weighted by Crippen LogP contribution is -2.17. The Balaban J connectivity index is 2.39. The Bertz CT molecular complexity index is 937. The molecular formula is C19H15F3N2O4. The average molecular weight is 392 g/mol. The van der Waals surface area contributed by atoms with Gasteiger partial charge in [0.05, 0.1) is 25.5 Å². The second kappa shape index (κ2) is 8.35. The molecule has 0 saturated carbocycles. The average Bonchev–Trinajstić information content (AvgIpc) is 2.66. The SMILES string of the molecule is COc1cc(/C=C(\C#N)C(=O)Nc2ccccc2C(F)(F)F)cc(OC)c1O. The minimum Gasteiger partial charge on any atom is -0.502 e. The Morgan fingerprint density at radius 2 is 1.75 bits per heavy atom. The Labute approximate surface area is 158 Å². The number of rotatable bonds is 5. The van der Waals surface area contributed by atoms with Crippen molar-refractivity contribution in [2.45, 2.75) is 6.18 Å². The normalized spacial score (nSPS) is 11.5. The van der Waals surface area contributed by atoms with E-state index in [0.29, 0.717) is 0 Å². The Morgan fingerprint density at radius 1 is 1.18 bits per heavy atom. The Morgan fingerprint density at radius 3 is 2.25 bits per heavy atom. The number of phenols is 1. The van der Waals surface area contributed by atoms with Crippen molar-refractivity contribution in [1.29, 1.82) is 5.26 Å². The second-order valence-electron chi connectivity index (χ2n) is 5.44. The van der Waals surface area contributed by atoms with Crippen LogP contribution >= 0.6 is 0 Å². The van der Waals surface area contributed by atoms with Gasteiger partial charge in [0, 0.05) is 0 Å². The van der Waals surface area contributed by atoms with Crippen molar-refractivity contribution in [3.05, 3.63) is 53.1 Å². The number of nitrogens with zero attached hydrogens (tertiary/aromatic N) is 1. The maximum atomic E-state index is 13.1. The molecule has 146 valence electrons. The van der Waals surface area contributed by atoms with Crippen molar-refractivity contribution in [2.24, 2.45) is 0 Å². The first-order valence-electron chi connectivity index (χ1n) is 7.75. The number of hydrogen-bond donors (Lipinski definition) is 2. The lowest BCUT2D eigenvalue weighted by molar-refractivity contribution is -0.137. The molecule has 0 aromatic heterocycles. The molecule has 28 heavy (non-hydrogen) atoms. The fourth-order valence-electron chi connectivity index (χ4n) is 2.34. The van der Waals surface area contributed by atoms with E-state index in [-0.39, 0.29) is 22.8 Å². The summed E-state index contributed by atoms with van der Waals surface area (Å²) in [6, 6.07) is 8.75. The van der Waals surface area contributed by atoms with E-state index in [1.54, 1.807) is 6.07 Å². The summed E-state index contributed by atoms with van der Waals surface area (Å²) in [5.74, 6) is -1.23. The van der Waals surface area contributed by atoms with Crippen LogP contribution in [0.25, 0.3) is 6.08 Å². The largest absolute Gasteiger partial charge is 0.502 e. The quantitative estimate of drug-likeness (QED) is 0.593. The highest BCUT2D eigenvalue weighted by atomic mass is 19.4. The molecule has 0 aliphatic carbocycles. The van der Waals surface area contributed by atoms with Gasteiger partial charge in [0.2, 0.25) is 5.75 Å². The van der Waals surface area contributed by atoms with Crippen LogP contribution in [0.5, 0.6) is 17.2 Å². The van der Waals surface area contributed by atoms with E-state index in [1.807, 2.05) is 0 Å². The van der Waals surface area contributed by atoms with Gasteiger partial charge in [-0.25, -0.2) is 0 Å². The standard InChI is InChI=1S/C19H15F3N2O4/c1-27-15-8-11(9-16(28-2)17(15)25)7-12(10-23)18(26)24-14-6-4-3-5-13(14)19(20,21)22/h3-9,25H,1-2H3,(H,24,26)/b12-7+. The number of alkyl halides is 3. The monoisotopic (exact) mass is 392 g/mol. The van der Waals surface area contributed by atoms with Crippen molar-refractivity contribution < 1.29 is 32.5 Å². The molecule has 0 atom stereocenters. The molecule has 0 saturated heterocycles. The lowest BCUT2D eigenvalue weighted by atomic mass is 10.1. The van der Waals surface area contributed by atoms with Crippen molar-refractivity contribution in [1.82, 2.24) is 0 Å². The van der Waals surface area contributed by atoms with Gasteiger partial charge in [-0.2, -0.15) is 18.4 Å². The number of halogens is 3. The smallest absolute Gasteiger partial charge is 0.418 e. The molecule has 0 fully saturated rings. The molecule has 2 N–H and O–H groups in total. The fourth-order valence-corrected chi connectivity index (χ4v) is 2.34. The fraction of sp³-hybridized carbons (Fsp3) is 0.158. The van der Waals surface area contributed by atoms with Crippen LogP contribution in [0, 0.1) is 11.3 Å². The molecule has 0 unspecified atom stereocenters. The highest BCUT2D eigenvalue weighted by Crippen LogP contribution is 2.38. The van der Waals surface area contributed by atoms with Crippen LogP contribution < -0.4 is 14.8 Å². The number of carbonyl (C=O) groups is 1. The van der Waals surface area contributed by atoms with Crippen LogP contribution in [0.3, 0.4) is 0 Å². The summed E-state index contributed by atoms with van der Waals surface area (Å²) in [7, 11) is 2.60. The Kier molecular flexibility index (Phi) is 6.15. The van der Waals surface area contributed by atoms with Crippen molar-refractivity contribution in [3.63, 3.8) is 0 Å². The number of methoxy groups -OCH3 is 2. The first kappa shape index (κ1) is 20.6. The number of para-hydroxylation sites is 1. The van der Waals surface area contributed by atoms with Gasteiger partial charge in [-0.15, -0.1) is 0 Å². The van der Waals surface area contributed by atoms with E-state index in [9.17, 15) is 28.3 Å². The Hall–Kier alpha value is -3.67. The van der Waals surface area contributed by atoms with Crippen molar-refractivity contribution in [2.75, 3.05) is 19.5 Å². The van der Waals surface area contributed by atoms with Gasteiger partial charge in [0.1, 0.15) is 11.6 Å². The number of phenolic OH excluding ortho intramolecular Hbond substituents is 1. The molecule has 2 aromatic carbocycles. The maximum absolute atomic E-state index is 13.1. The van der Waals surface area contributed by atoms with Crippen LogP contribution in [0.1, 0.15) is 11.1 Å². The zero-order valence-electron chi connectivity index (χ0n) is 14.8. The predicted octanol–water partition coefficient (Wildman–Crippen LogP) is 3.97. The van der Waals surface area contributed by atoms with E-state index in [0.717, 1.165) is 18.2 Å². The summed E-state index contributed by atoms with van der Waals surface area (Å²) >= 11 is 0. The van der Waals surface area contributed by atoms with Crippen LogP contribution in [-0.2, 0) is 11.0 Å². The third kappa shape index (κ3) is 4.54. The number of benzene rings is 2. The molecule has 0 aliphatic rings. The van der Waals surface area contributed by atoms with Gasteiger partial charge < -0.3 is 19.9 Å². The zero-order valence-corrected chi connectivity index (χ0v) is 14.8. The number of hydrogen-bond acceptors (Lipinski definition) is 5. The topological polar surface area (TPSA) is 91.6 Å². The number of nitrogens with one attached hydrogen (secondary N) is 1. The van der Waals surface area contributed by atoms with Crippen LogP contribution in [0.4, 0.5) is 18.9 Å². The van der Waals surface area contributed by atoms with E-state index >= 15 is 0 Å². The molecule has 2 aromatic rings. The van der Waals surface area contributed by atoms with Gasteiger partial charge in [-0.1, -0.05) is 12.1 Å². The zero-order chi connectivity index (χ0) is 20.9. The molecule has 0 aliphatic heterocycles. The number of ether oxygens (including phenoxy) is 2. The van der Waals surface area contributed by atoms with Crippen molar-refractivity contribution >= 4 is 17.7 Å². The molecule has 0 heterocycles. The second-order valence-corrected chi connectivity index (χ2v) is 5.44. The number of amides is 1. The van der Waals surface area contributed by atoms with E-state index in [2.05, 4.69) is 5.32 Å². The molecule has 1 amide bonds. The first-order valence-corrected chi connectivity index (χ1v) is 7.75. The summed E-state index contributed by atoms with van der Waals surface area (Å²) in [5, 5.41) is 21.2. The molecule has 9 heteroatoms. The van der Waals surface area contributed by atoms with Gasteiger partial charge in [0.25, 0.3) is 5.91 Å². The van der Waals surface area contributed by atoms with Gasteiger partial charge >= 0.3 is 6.18 Å². The molecule has 0 bridgehead atoms. The van der Waals surface area contributed by atoms with Crippen LogP contribution in [0.15, 0.2) is 42.0 Å². The minimum absolute atomic E-state index is 0.0331.